The highest BCUT2D eigenvalue weighted by Gasteiger charge is 2.44. The van der Waals surface area contributed by atoms with Crippen LogP contribution in [-0.2, 0) is 22.4 Å². The number of ether oxygens (including phenoxy) is 3. The van der Waals surface area contributed by atoms with E-state index in [9.17, 15) is 18.0 Å². The second-order valence-corrected chi connectivity index (χ2v) is 11.9. The summed E-state index contributed by atoms with van der Waals surface area (Å²) in [6.45, 7) is 3.33. The zero-order valence-electron chi connectivity index (χ0n) is 27.0. The third-order valence-electron chi connectivity index (χ3n) is 9.16. The molecule has 254 valence electrons. The fourth-order valence-corrected chi connectivity index (χ4v) is 7.14. The Hall–Kier alpha value is -4.53. The number of aromatic nitrogens is 4. The van der Waals surface area contributed by atoms with Crippen LogP contribution in [0.2, 0.25) is 0 Å². The second-order valence-electron chi connectivity index (χ2n) is 11.9. The summed E-state index contributed by atoms with van der Waals surface area (Å²) in [5.74, 6) is 0.108. The Morgan fingerprint density at radius 1 is 0.896 bits per heavy atom. The molecule has 0 saturated carbocycles. The maximum atomic E-state index is 13.8. The summed E-state index contributed by atoms with van der Waals surface area (Å²) in [5, 5.41) is 10.2. The number of tetrazole rings is 1. The van der Waals surface area contributed by atoms with Crippen molar-refractivity contribution >= 4 is 5.91 Å². The van der Waals surface area contributed by atoms with Crippen LogP contribution in [0.25, 0.3) is 11.4 Å². The van der Waals surface area contributed by atoms with E-state index in [0.717, 1.165) is 0 Å². The lowest BCUT2D eigenvalue weighted by Crippen LogP contribution is -2.67. The van der Waals surface area contributed by atoms with Crippen LogP contribution in [0.4, 0.5) is 13.2 Å². The normalized spacial score (nSPS) is 18.9. The van der Waals surface area contributed by atoms with Crippen LogP contribution in [0.5, 0.6) is 11.5 Å². The van der Waals surface area contributed by atoms with Gasteiger partial charge < -0.3 is 19.1 Å². The van der Waals surface area contributed by atoms with E-state index in [4.69, 9.17) is 14.2 Å². The van der Waals surface area contributed by atoms with Crippen LogP contribution in [0.1, 0.15) is 22.6 Å². The monoisotopic (exact) mass is 665 g/mol. The molecule has 2 atom stereocenters. The number of carbonyl (C=O) groups excluding carboxylic acids is 1. The van der Waals surface area contributed by atoms with Gasteiger partial charge in [-0.1, -0.05) is 60.7 Å². The zero-order chi connectivity index (χ0) is 33.8. The van der Waals surface area contributed by atoms with Gasteiger partial charge >= 0.3 is 6.30 Å². The lowest BCUT2D eigenvalue weighted by atomic mass is 9.81. The summed E-state index contributed by atoms with van der Waals surface area (Å²) in [6.07, 6.45) is -4.83. The lowest BCUT2D eigenvalue weighted by Gasteiger charge is -2.53. The molecule has 0 spiro atoms. The number of rotatable bonds is 10. The minimum Gasteiger partial charge on any atom is -0.496 e. The van der Waals surface area contributed by atoms with Gasteiger partial charge in [0.15, 0.2) is 5.82 Å². The summed E-state index contributed by atoms with van der Waals surface area (Å²) < 4.78 is 58.0. The smallest absolute Gasteiger partial charge is 0.496 e. The molecule has 2 unspecified atom stereocenters. The first kappa shape index (κ1) is 33.4. The molecule has 0 bridgehead atoms. The molecule has 6 rings (SSSR count). The number of fused-ring (bicyclic) bond motifs is 1. The molecule has 2 fully saturated rings. The zero-order valence-corrected chi connectivity index (χ0v) is 27.0. The number of benzene rings is 3. The Morgan fingerprint density at radius 3 is 2.19 bits per heavy atom. The Labute approximate surface area is 276 Å². The van der Waals surface area contributed by atoms with E-state index in [1.54, 1.807) is 6.07 Å². The summed E-state index contributed by atoms with van der Waals surface area (Å²) >= 11 is 0. The average Bonchev–Trinajstić information content (AvgIpc) is 3.60. The molecule has 0 N–H and O–H groups in total. The molecular weight excluding hydrogens is 627 g/mol. The summed E-state index contributed by atoms with van der Waals surface area (Å²) in [4.78, 5) is 19.6. The van der Waals surface area contributed by atoms with Gasteiger partial charge in [-0.05, 0) is 33.7 Å². The molecule has 0 radical (unpaired) electrons. The van der Waals surface area contributed by atoms with Crippen LogP contribution < -0.4 is 9.47 Å². The molecule has 3 heterocycles. The molecule has 0 aliphatic carbocycles. The van der Waals surface area contributed by atoms with E-state index < -0.39 is 12.1 Å². The molecule has 2 saturated heterocycles. The van der Waals surface area contributed by atoms with E-state index in [2.05, 4.69) is 49.6 Å². The highest BCUT2D eigenvalue weighted by Crippen LogP contribution is 2.42. The van der Waals surface area contributed by atoms with Crippen LogP contribution in [0.3, 0.4) is 0 Å². The van der Waals surface area contributed by atoms with E-state index in [1.165, 1.54) is 38.5 Å². The molecule has 1 aromatic heterocycles. The molecule has 2 aliphatic heterocycles. The molecule has 4 aromatic rings. The van der Waals surface area contributed by atoms with Gasteiger partial charge in [0.1, 0.15) is 18.1 Å². The molecule has 1 amide bonds. The van der Waals surface area contributed by atoms with Gasteiger partial charge in [0, 0.05) is 64.4 Å². The van der Waals surface area contributed by atoms with Crippen molar-refractivity contribution in [2.24, 2.45) is 0 Å². The van der Waals surface area contributed by atoms with E-state index in [-0.39, 0.29) is 46.5 Å². The van der Waals surface area contributed by atoms with Crippen molar-refractivity contribution in [2.45, 2.75) is 30.8 Å². The summed E-state index contributed by atoms with van der Waals surface area (Å²) in [6, 6.07) is 23.8. The average molecular weight is 666 g/mol. The van der Waals surface area contributed by atoms with Crippen molar-refractivity contribution in [1.29, 1.82) is 0 Å². The Kier molecular flexibility index (Phi) is 9.94. The topological polar surface area (TPSA) is 98.1 Å². The number of hydrogen-bond acceptors (Lipinski definition) is 9. The molecule has 48 heavy (non-hydrogen) atoms. The van der Waals surface area contributed by atoms with Crippen molar-refractivity contribution in [2.75, 3.05) is 60.7 Å². The number of piperazine rings is 2. The minimum atomic E-state index is -4.83. The van der Waals surface area contributed by atoms with Gasteiger partial charge in [-0.2, -0.15) is 0 Å². The van der Waals surface area contributed by atoms with E-state index in [0.29, 0.717) is 50.6 Å². The first-order valence-corrected chi connectivity index (χ1v) is 15.7. The number of amides is 1. The number of alkyl halides is 3. The number of halogens is 3. The van der Waals surface area contributed by atoms with E-state index in [1.807, 2.05) is 41.3 Å². The van der Waals surface area contributed by atoms with Crippen LogP contribution >= 0.6 is 0 Å². The third-order valence-corrected chi connectivity index (χ3v) is 9.16. The maximum Gasteiger partial charge on any atom is 0.507 e. The van der Waals surface area contributed by atoms with Crippen LogP contribution in [0, 0.1) is 0 Å². The van der Waals surface area contributed by atoms with Gasteiger partial charge in [0.05, 0.1) is 25.3 Å². The third kappa shape index (κ3) is 6.73. The quantitative estimate of drug-likeness (QED) is 0.249. The largest absolute Gasteiger partial charge is 0.507 e. The van der Waals surface area contributed by atoms with Crippen LogP contribution in [-0.4, -0.2) is 114 Å². The van der Waals surface area contributed by atoms with Crippen molar-refractivity contribution < 1.29 is 32.2 Å². The Balaban J connectivity index is 1.41. The van der Waals surface area contributed by atoms with Crippen molar-refractivity contribution in [1.82, 2.24) is 34.9 Å². The SMILES string of the molecule is COCC(=O)N1CCN2C(CN(Cc3c(OC)ccc(-c4nnnn4C(F)(F)F)c3OC)CC2C(c2ccccc2)c2ccccc2)C1. The fourth-order valence-electron chi connectivity index (χ4n) is 7.14. The molecule has 11 nitrogen and oxygen atoms in total. The van der Waals surface area contributed by atoms with Gasteiger partial charge in [-0.3, -0.25) is 14.6 Å². The van der Waals surface area contributed by atoms with Crippen LogP contribution in [0.15, 0.2) is 72.8 Å². The molecular formula is C34H38F3N7O4. The Bertz CT molecular complexity index is 1650. The minimum absolute atomic E-state index is 0.00506. The highest BCUT2D eigenvalue weighted by molar-refractivity contribution is 5.77. The predicted octanol–water partition coefficient (Wildman–Crippen LogP) is 4.01. The first-order chi connectivity index (χ1) is 23.2. The van der Waals surface area contributed by atoms with Crippen molar-refractivity contribution in [3.63, 3.8) is 0 Å². The number of carbonyl (C=O) groups is 1. The Morgan fingerprint density at radius 2 is 1.58 bits per heavy atom. The number of nitrogens with zero attached hydrogens (tertiary/aromatic N) is 7. The van der Waals surface area contributed by atoms with Gasteiger partial charge in [-0.25, -0.2) is 0 Å². The van der Waals surface area contributed by atoms with Crippen molar-refractivity contribution in [3.8, 4) is 22.9 Å². The molecule has 2 aliphatic rings. The maximum absolute atomic E-state index is 13.8. The van der Waals surface area contributed by atoms with Crippen molar-refractivity contribution in [3.05, 3.63) is 89.5 Å². The first-order valence-electron chi connectivity index (χ1n) is 15.7. The highest BCUT2D eigenvalue weighted by atomic mass is 19.4. The van der Waals surface area contributed by atoms with E-state index >= 15 is 0 Å². The van der Waals surface area contributed by atoms with Gasteiger partial charge in [-0.15, -0.1) is 23.0 Å². The summed E-state index contributed by atoms with van der Waals surface area (Å²) in [7, 11) is 4.43. The van der Waals surface area contributed by atoms with Gasteiger partial charge in [0.2, 0.25) is 5.91 Å². The predicted molar refractivity (Wildman–Crippen MR) is 170 cm³/mol. The standard InChI is InChI=1S/C34H38F3N7O4/c1-46-22-30(45)42-16-17-43-25(19-42)18-41(21-28(43)31(23-10-6-4-7-11-23)24-12-8-5-9-13-24)20-27-29(47-2)15-14-26(32(27)48-3)33-38-39-40-44(33)34(35,36)37/h4-15,25,28,31H,16-22H2,1-3H3. The van der Waals surface area contributed by atoms with Gasteiger partial charge in [0.25, 0.3) is 0 Å². The molecule has 14 heteroatoms. The molecule has 3 aromatic carbocycles. The fraction of sp³-hybridized carbons (Fsp3) is 0.412. The number of hydrogen-bond donors (Lipinski definition) is 0. The summed E-state index contributed by atoms with van der Waals surface area (Å²) in [5.41, 5.74) is 3.00. The number of methoxy groups -OCH3 is 3. The second kappa shape index (κ2) is 14.3. The lowest BCUT2D eigenvalue weighted by molar-refractivity contribution is -0.212.